The fraction of sp³-hybridized carbons (Fsp3) is 0.643. The monoisotopic (exact) mass is 425 g/mol. The number of esters is 1. The summed E-state index contributed by atoms with van der Waals surface area (Å²) in [4.78, 5) is 37.2. The molecule has 1 aliphatic rings. The van der Waals surface area contributed by atoms with Crippen molar-refractivity contribution in [3.8, 4) is 0 Å². The number of aromatic amines is 1. The number of carbonyl (C=O) groups is 1. The quantitative estimate of drug-likeness (QED) is 0.286. The zero-order valence-corrected chi connectivity index (χ0v) is 16.1. The number of aliphatic hydroxyl groups excluding tert-OH is 2. The summed E-state index contributed by atoms with van der Waals surface area (Å²) in [5, 5.41) is 16.7. The van der Waals surface area contributed by atoms with E-state index in [0.29, 0.717) is 10.8 Å². The fourth-order valence-corrected chi connectivity index (χ4v) is 2.72. The van der Waals surface area contributed by atoms with Crippen molar-refractivity contribution in [2.75, 3.05) is 0 Å². The van der Waals surface area contributed by atoms with Gasteiger partial charge in [0.1, 0.15) is 52.4 Å². The van der Waals surface area contributed by atoms with Gasteiger partial charge in [0.15, 0.2) is 0 Å². The van der Waals surface area contributed by atoms with Gasteiger partial charge >= 0.3 is 11.7 Å². The second kappa shape index (κ2) is 7.58. The van der Waals surface area contributed by atoms with Crippen LogP contribution in [0.2, 0.25) is 5.02 Å². The first-order valence-electron chi connectivity index (χ1n) is 8.20. The molecule has 152 valence electrons. The Morgan fingerprint density at radius 3 is 2.52 bits per heavy atom. The largest absolute Gasteiger partial charge is 0.473 e. The van der Waals surface area contributed by atoms with E-state index in [1.807, 2.05) is 0 Å². The maximum Gasteiger partial charge on any atom is 0.330 e. The molecule has 15 heteroatoms. The fourth-order valence-electron chi connectivity index (χ4n) is 2.57. The van der Waals surface area contributed by atoms with Crippen molar-refractivity contribution in [1.29, 1.82) is 0 Å². The number of hydrogen-bond donors (Lipinski definition) is 4. The highest BCUT2D eigenvalue weighted by Crippen LogP contribution is 2.45. The summed E-state index contributed by atoms with van der Waals surface area (Å²) in [6.45, 7) is 3.13. The summed E-state index contributed by atoms with van der Waals surface area (Å²) in [5.41, 5.74) is 0.467. The number of nitrogens with one attached hydrogen (secondary N) is 1. The third kappa shape index (κ3) is 3.79. The second-order valence-corrected chi connectivity index (χ2v) is 7.39. The normalized spacial score (nSPS) is 31.0. The number of aromatic nitrogens is 2. The molecule has 6 radical (unpaired) electrons. The number of aliphatic hydroxyl groups is 2. The number of rotatable bonds is 5. The van der Waals surface area contributed by atoms with Gasteiger partial charge in [0.25, 0.3) is 11.4 Å². The SMILES string of the molecule is [B]C([B])(OC(=O)[C@@H](N)C(C)C)[C@@]1(F)O[C@@]([B])(n2cc(Cl)c(=O)[nH]c2=O)[C@H](O)[C@@H]1O. The van der Waals surface area contributed by atoms with Crippen molar-refractivity contribution in [2.45, 2.75) is 49.0 Å². The number of nitrogens with zero attached hydrogens (tertiary/aromatic N) is 1. The van der Waals surface area contributed by atoms with Crippen LogP contribution in [0.4, 0.5) is 4.39 Å². The lowest BCUT2D eigenvalue weighted by Gasteiger charge is -2.41. The van der Waals surface area contributed by atoms with Crippen molar-refractivity contribution >= 4 is 41.1 Å². The van der Waals surface area contributed by atoms with E-state index in [-0.39, 0.29) is 0 Å². The molecule has 2 heterocycles. The molecular weight excluding hydrogens is 409 g/mol. The maximum absolute atomic E-state index is 15.6. The second-order valence-electron chi connectivity index (χ2n) is 6.98. The van der Waals surface area contributed by atoms with E-state index in [2.05, 4.69) is 4.74 Å². The molecule has 0 unspecified atom stereocenters. The van der Waals surface area contributed by atoms with Gasteiger partial charge in [-0.3, -0.25) is 19.1 Å². The Kier molecular flexibility index (Phi) is 6.19. The number of ether oxygens (including phenoxy) is 2. The lowest BCUT2D eigenvalue weighted by Crippen LogP contribution is -2.62. The molecule has 1 saturated heterocycles. The molecule has 0 bridgehead atoms. The highest BCUT2D eigenvalue weighted by atomic mass is 35.5. The summed E-state index contributed by atoms with van der Waals surface area (Å²) >= 11 is 5.62. The van der Waals surface area contributed by atoms with Crippen LogP contribution in [0.3, 0.4) is 0 Å². The van der Waals surface area contributed by atoms with E-state index in [0.717, 1.165) is 0 Å². The van der Waals surface area contributed by atoms with E-state index in [4.69, 9.17) is 45.6 Å². The molecule has 0 aromatic carbocycles. The van der Waals surface area contributed by atoms with Crippen molar-refractivity contribution < 1.29 is 28.9 Å². The topological polar surface area (TPSA) is 157 Å². The third-order valence-corrected chi connectivity index (χ3v) is 4.75. The van der Waals surface area contributed by atoms with E-state index < -0.39 is 63.3 Å². The lowest BCUT2D eigenvalue weighted by atomic mass is 9.59. The van der Waals surface area contributed by atoms with Gasteiger partial charge < -0.3 is 25.4 Å². The summed E-state index contributed by atoms with van der Waals surface area (Å²) in [6.07, 6.45) is -4.35. The highest BCUT2D eigenvalue weighted by molar-refractivity contribution is 6.40. The molecule has 1 fully saturated rings. The Balaban J connectivity index is 2.48. The summed E-state index contributed by atoms with van der Waals surface area (Å²) in [5.74, 6) is -5.38. The first-order chi connectivity index (χ1) is 13.1. The molecule has 2 rings (SSSR count). The molecule has 29 heavy (non-hydrogen) atoms. The number of H-pyrrole nitrogens is 1. The van der Waals surface area contributed by atoms with Crippen LogP contribution in [0.15, 0.2) is 15.8 Å². The number of carbonyl (C=O) groups excluding carboxylic acids is 1. The van der Waals surface area contributed by atoms with Gasteiger partial charge in [-0.1, -0.05) is 25.4 Å². The minimum Gasteiger partial charge on any atom is -0.473 e. The van der Waals surface area contributed by atoms with Gasteiger partial charge in [0.2, 0.25) is 0 Å². The predicted octanol–water partition coefficient (Wildman–Crippen LogP) is -3.10. The molecule has 5 atom stereocenters. The van der Waals surface area contributed by atoms with Gasteiger partial charge in [-0.2, -0.15) is 0 Å². The molecule has 10 nitrogen and oxygen atoms in total. The van der Waals surface area contributed by atoms with Crippen molar-refractivity contribution in [3.05, 3.63) is 32.1 Å². The van der Waals surface area contributed by atoms with Gasteiger partial charge in [-0.15, -0.1) is 0 Å². The van der Waals surface area contributed by atoms with E-state index in [1.165, 1.54) is 0 Å². The Morgan fingerprint density at radius 1 is 1.45 bits per heavy atom. The highest BCUT2D eigenvalue weighted by Gasteiger charge is 2.68. The lowest BCUT2D eigenvalue weighted by molar-refractivity contribution is -0.250. The molecule has 0 aliphatic carbocycles. The van der Waals surface area contributed by atoms with Gasteiger partial charge in [-0.05, 0) is 5.92 Å². The summed E-state index contributed by atoms with van der Waals surface area (Å²) < 4.78 is 25.4. The summed E-state index contributed by atoms with van der Waals surface area (Å²) in [7, 11) is 16.8. The van der Waals surface area contributed by atoms with Crippen LogP contribution < -0.4 is 17.0 Å². The Hall–Kier alpha value is -1.60. The van der Waals surface area contributed by atoms with Crippen LogP contribution in [0, 0.1) is 5.92 Å². The molecule has 1 aromatic rings. The molecular formula is C14H16B3ClFN3O7. The van der Waals surface area contributed by atoms with Crippen molar-refractivity contribution in [2.24, 2.45) is 11.7 Å². The molecule has 0 saturated carbocycles. The number of halogens is 2. The third-order valence-electron chi connectivity index (χ3n) is 4.48. The first-order valence-corrected chi connectivity index (χ1v) is 8.58. The summed E-state index contributed by atoms with van der Waals surface area (Å²) in [6, 6.07) is -1.25. The number of hydrogen-bond acceptors (Lipinski definition) is 8. The molecule has 1 aromatic heterocycles. The molecule has 0 spiro atoms. The standard InChI is InChI=1S/C14H16B3ClFN3O7/c1-4(2)6(20)10(26)28-14(16,17)12(19)7(23)8(24)13(15,29-12)22-3-5(18)9(25)21-11(22)27/h3-4,6-8,23-24H,20H2,1-2H3,(H,21,25,27)/t6-,7-,8+,12-,13-/m0/s1. The Bertz CT molecular complexity index is 928. The Morgan fingerprint density at radius 2 is 2.00 bits per heavy atom. The van der Waals surface area contributed by atoms with Crippen LogP contribution in [0.1, 0.15) is 13.8 Å². The van der Waals surface area contributed by atoms with Crippen LogP contribution in [-0.2, 0) is 19.9 Å². The van der Waals surface area contributed by atoms with Gasteiger partial charge in [-0.25, -0.2) is 9.18 Å². The van der Waals surface area contributed by atoms with Gasteiger partial charge in [0.05, 0.1) is 5.40 Å². The minimum atomic E-state index is -3.71. The van der Waals surface area contributed by atoms with Gasteiger partial charge in [0, 0.05) is 6.20 Å². The maximum atomic E-state index is 15.6. The average molecular weight is 425 g/mol. The zero-order chi connectivity index (χ0) is 22.5. The average Bonchev–Trinajstić information content (AvgIpc) is 2.79. The van der Waals surface area contributed by atoms with Crippen molar-refractivity contribution in [3.63, 3.8) is 0 Å². The van der Waals surface area contributed by atoms with Crippen LogP contribution in [0.5, 0.6) is 0 Å². The van der Waals surface area contributed by atoms with Crippen molar-refractivity contribution in [1.82, 2.24) is 9.55 Å². The smallest absolute Gasteiger partial charge is 0.330 e. The van der Waals surface area contributed by atoms with Crippen LogP contribution in [0.25, 0.3) is 0 Å². The van der Waals surface area contributed by atoms with E-state index in [9.17, 15) is 24.6 Å². The number of nitrogens with two attached hydrogens (primary N) is 1. The van der Waals surface area contributed by atoms with Crippen LogP contribution in [-0.4, -0.2) is 78.8 Å². The van der Waals surface area contributed by atoms with E-state index >= 15 is 4.39 Å². The zero-order valence-electron chi connectivity index (χ0n) is 15.3. The Labute approximate surface area is 172 Å². The van der Waals surface area contributed by atoms with Crippen LogP contribution >= 0.6 is 11.6 Å². The predicted molar refractivity (Wildman–Crippen MR) is 100 cm³/mol. The molecule has 5 N–H and O–H groups in total. The molecule has 0 amide bonds. The number of alkyl halides is 1. The first kappa shape index (κ1) is 23.7. The molecule has 1 aliphatic heterocycles. The van der Waals surface area contributed by atoms with E-state index in [1.54, 1.807) is 18.8 Å². The minimum absolute atomic E-state index is 0.309.